The van der Waals surface area contributed by atoms with E-state index in [0.29, 0.717) is 19.3 Å². The van der Waals surface area contributed by atoms with E-state index in [1.54, 1.807) is 0 Å². The lowest BCUT2D eigenvalue weighted by Gasteiger charge is -2.07. The molecule has 18 heavy (non-hydrogen) atoms. The molecule has 0 heterocycles. The Hall–Kier alpha value is -1.36. The average molecular weight is 314 g/mol. The monoisotopic (exact) mass is 313 g/mol. The number of hydrogen-bond acceptors (Lipinski definition) is 2. The number of carboxylic acids is 1. The summed E-state index contributed by atoms with van der Waals surface area (Å²) in [6.45, 7) is 1.97. The number of hydrogen-bond donors (Lipinski definition) is 2. The van der Waals surface area contributed by atoms with Gasteiger partial charge in [0.05, 0.1) is 5.69 Å². The third-order valence-electron chi connectivity index (χ3n) is 2.44. The molecule has 0 aliphatic carbocycles. The average Bonchev–Trinajstić information content (AvgIpc) is 2.28. The number of amides is 1. The molecule has 2 N–H and O–H groups in total. The maximum absolute atomic E-state index is 11.6. The van der Waals surface area contributed by atoms with E-state index in [2.05, 4.69) is 21.2 Å². The van der Waals surface area contributed by atoms with Crippen molar-refractivity contribution in [2.24, 2.45) is 0 Å². The number of rotatable bonds is 6. The molecule has 0 saturated heterocycles. The summed E-state index contributed by atoms with van der Waals surface area (Å²) >= 11 is 3.38. The van der Waals surface area contributed by atoms with Gasteiger partial charge in [-0.05, 0) is 53.4 Å². The lowest BCUT2D eigenvalue weighted by molar-refractivity contribution is -0.137. The Balaban J connectivity index is 2.38. The molecule has 0 radical (unpaired) electrons. The number of carbonyl (C=O) groups is 2. The lowest BCUT2D eigenvalue weighted by Crippen LogP contribution is -2.11. The molecule has 0 spiro atoms. The molecule has 0 aliphatic rings. The van der Waals surface area contributed by atoms with Crippen LogP contribution in [0.1, 0.15) is 31.2 Å². The zero-order valence-electron chi connectivity index (χ0n) is 10.2. The third kappa shape index (κ3) is 5.31. The maximum atomic E-state index is 11.6. The van der Waals surface area contributed by atoms with Gasteiger partial charge < -0.3 is 10.4 Å². The van der Waals surface area contributed by atoms with E-state index in [4.69, 9.17) is 5.11 Å². The van der Waals surface area contributed by atoms with E-state index < -0.39 is 5.97 Å². The molecule has 0 atom stereocenters. The molecule has 0 aromatic heterocycles. The van der Waals surface area contributed by atoms with Crippen LogP contribution in [-0.4, -0.2) is 17.0 Å². The number of unbranched alkanes of at least 4 members (excludes halogenated alkanes) is 1. The molecule has 1 aromatic carbocycles. The Morgan fingerprint density at radius 1 is 1.28 bits per heavy atom. The summed E-state index contributed by atoms with van der Waals surface area (Å²) in [5.41, 5.74) is 1.85. The van der Waals surface area contributed by atoms with E-state index in [9.17, 15) is 9.59 Å². The standard InChI is InChI=1S/C13H16BrNO3/c1-9-6-7-11(10(14)8-9)15-12(16)4-2-3-5-13(17)18/h6-8H,2-5H2,1H3,(H,15,16)(H,17,18). The maximum Gasteiger partial charge on any atom is 0.303 e. The zero-order valence-corrected chi connectivity index (χ0v) is 11.8. The highest BCUT2D eigenvalue weighted by Gasteiger charge is 2.06. The molecule has 0 unspecified atom stereocenters. The zero-order chi connectivity index (χ0) is 13.5. The van der Waals surface area contributed by atoms with Crippen LogP contribution in [0.3, 0.4) is 0 Å². The molecule has 5 heteroatoms. The van der Waals surface area contributed by atoms with Crippen molar-refractivity contribution < 1.29 is 14.7 Å². The molecule has 0 bridgehead atoms. The van der Waals surface area contributed by atoms with Crippen molar-refractivity contribution in [3.63, 3.8) is 0 Å². The molecular weight excluding hydrogens is 298 g/mol. The van der Waals surface area contributed by atoms with Crippen LogP contribution < -0.4 is 5.32 Å². The smallest absolute Gasteiger partial charge is 0.303 e. The number of carboxylic acid groups (broad SMARTS) is 1. The first kappa shape index (κ1) is 14.7. The highest BCUT2D eigenvalue weighted by Crippen LogP contribution is 2.23. The summed E-state index contributed by atoms with van der Waals surface area (Å²) in [6.07, 6.45) is 1.56. The summed E-state index contributed by atoms with van der Waals surface area (Å²) in [6, 6.07) is 5.69. The fourth-order valence-corrected chi connectivity index (χ4v) is 2.09. The first-order chi connectivity index (χ1) is 8.49. The van der Waals surface area contributed by atoms with Gasteiger partial charge >= 0.3 is 5.97 Å². The van der Waals surface area contributed by atoms with Crippen molar-refractivity contribution >= 4 is 33.5 Å². The second-order valence-electron chi connectivity index (χ2n) is 4.13. The van der Waals surface area contributed by atoms with E-state index in [0.717, 1.165) is 15.7 Å². The minimum Gasteiger partial charge on any atom is -0.481 e. The number of halogens is 1. The quantitative estimate of drug-likeness (QED) is 0.791. The van der Waals surface area contributed by atoms with Crippen molar-refractivity contribution in [1.82, 2.24) is 0 Å². The molecule has 98 valence electrons. The Morgan fingerprint density at radius 2 is 1.94 bits per heavy atom. The van der Waals surface area contributed by atoms with Gasteiger partial charge in [0, 0.05) is 17.3 Å². The van der Waals surface area contributed by atoms with Gasteiger partial charge in [-0.3, -0.25) is 9.59 Å². The van der Waals surface area contributed by atoms with Gasteiger partial charge in [0.15, 0.2) is 0 Å². The van der Waals surface area contributed by atoms with Crippen LogP contribution in [0.2, 0.25) is 0 Å². The van der Waals surface area contributed by atoms with Crippen molar-refractivity contribution in [2.45, 2.75) is 32.6 Å². The first-order valence-electron chi connectivity index (χ1n) is 5.77. The van der Waals surface area contributed by atoms with Crippen LogP contribution in [0.5, 0.6) is 0 Å². The molecule has 4 nitrogen and oxygen atoms in total. The van der Waals surface area contributed by atoms with Gasteiger partial charge in [-0.1, -0.05) is 6.07 Å². The normalized spacial score (nSPS) is 10.1. The predicted octanol–water partition coefficient (Wildman–Crippen LogP) is 3.34. The number of aryl methyl sites for hydroxylation is 1. The molecule has 1 amide bonds. The number of aliphatic carboxylic acids is 1. The highest BCUT2D eigenvalue weighted by molar-refractivity contribution is 9.10. The van der Waals surface area contributed by atoms with Crippen LogP contribution >= 0.6 is 15.9 Å². The molecule has 1 aromatic rings. The number of nitrogens with one attached hydrogen (secondary N) is 1. The lowest BCUT2D eigenvalue weighted by atomic mass is 10.2. The molecule has 0 saturated carbocycles. The second kappa shape index (κ2) is 7.16. The Kier molecular flexibility index (Phi) is 5.85. The predicted molar refractivity (Wildman–Crippen MR) is 73.6 cm³/mol. The number of carbonyl (C=O) groups excluding carboxylic acids is 1. The van der Waals surface area contributed by atoms with Crippen LogP contribution in [-0.2, 0) is 9.59 Å². The topological polar surface area (TPSA) is 66.4 Å². The summed E-state index contributed by atoms with van der Waals surface area (Å²) in [5, 5.41) is 11.3. The van der Waals surface area contributed by atoms with Crippen LogP contribution in [0, 0.1) is 6.92 Å². The molecular formula is C13H16BrNO3. The Labute approximate surface area is 115 Å². The largest absolute Gasteiger partial charge is 0.481 e. The summed E-state index contributed by atoms with van der Waals surface area (Å²) in [4.78, 5) is 21.9. The van der Waals surface area contributed by atoms with E-state index in [-0.39, 0.29) is 12.3 Å². The van der Waals surface area contributed by atoms with Crippen LogP contribution in [0.25, 0.3) is 0 Å². The van der Waals surface area contributed by atoms with Gasteiger partial charge in [0.2, 0.25) is 5.91 Å². The summed E-state index contributed by atoms with van der Waals surface area (Å²) in [5.74, 6) is -0.915. The van der Waals surface area contributed by atoms with E-state index in [1.165, 1.54) is 0 Å². The van der Waals surface area contributed by atoms with Gasteiger partial charge in [-0.15, -0.1) is 0 Å². The van der Waals surface area contributed by atoms with Gasteiger partial charge in [-0.25, -0.2) is 0 Å². The Bertz CT molecular complexity index is 446. The van der Waals surface area contributed by atoms with Crippen LogP contribution in [0.4, 0.5) is 5.69 Å². The third-order valence-corrected chi connectivity index (χ3v) is 3.10. The second-order valence-corrected chi connectivity index (χ2v) is 4.99. The fraction of sp³-hybridized carbons (Fsp3) is 0.385. The van der Waals surface area contributed by atoms with Crippen LogP contribution in [0.15, 0.2) is 22.7 Å². The van der Waals surface area contributed by atoms with Gasteiger partial charge in [0.1, 0.15) is 0 Å². The van der Waals surface area contributed by atoms with Gasteiger partial charge in [0.25, 0.3) is 0 Å². The fourth-order valence-electron chi connectivity index (χ4n) is 1.50. The SMILES string of the molecule is Cc1ccc(NC(=O)CCCCC(=O)O)c(Br)c1. The summed E-state index contributed by atoms with van der Waals surface area (Å²) in [7, 11) is 0. The van der Waals surface area contributed by atoms with Crippen molar-refractivity contribution in [1.29, 1.82) is 0 Å². The number of anilines is 1. The minimum atomic E-state index is -0.823. The summed E-state index contributed by atoms with van der Waals surface area (Å²) < 4.78 is 0.849. The molecule has 0 aliphatic heterocycles. The van der Waals surface area contributed by atoms with E-state index in [1.807, 2.05) is 25.1 Å². The van der Waals surface area contributed by atoms with E-state index >= 15 is 0 Å². The molecule has 1 rings (SSSR count). The first-order valence-corrected chi connectivity index (χ1v) is 6.56. The van der Waals surface area contributed by atoms with Crippen molar-refractivity contribution in [3.8, 4) is 0 Å². The van der Waals surface area contributed by atoms with Crippen molar-refractivity contribution in [3.05, 3.63) is 28.2 Å². The minimum absolute atomic E-state index is 0.0926. The molecule has 0 fully saturated rings. The van der Waals surface area contributed by atoms with Crippen molar-refractivity contribution in [2.75, 3.05) is 5.32 Å². The Morgan fingerprint density at radius 3 is 2.56 bits per heavy atom. The highest BCUT2D eigenvalue weighted by atomic mass is 79.9. The number of benzene rings is 1. The van der Waals surface area contributed by atoms with Gasteiger partial charge in [-0.2, -0.15) is 0 Å².